The third kappa shape index (κ3) is 3.36. The fourth-order valence-electron chi connectivity index (χ4n) is 3.07. The molecule has 1 aliphatic rings. The lowest BCUT2D eigenvalue weighted by molar-refractivity contribution is 0.0586. The molecule has 1 aromatic heterocycles. The zero-order chi connectivity index (χ0) is 15.5. The Hall–Kier alpha value is -1.72. The van der Waals surface area contributed by atoms with Gasteiger partial charge >= 0.3 is 0 Å². The number of aliphatic hydroxyl groups is 1. The number of rotatable bonds is 4. The van der Waals surface area contributed by atoms with Gasteiger partial charge in [0.1, 0.15) is 0 Å². The zero-order valence-corrected chi connectivity index (χ0v) is 13.2. The molecule has 5 nitrogen and oxygen atoms in total. The predicted molar refractivity (Wildman–Crippen MR) is 84.2 cm³/mol. The standard InChI is InChI=1S/C17H23N3O2/c1-12-6-3-4-8-15(12)17-18-16(19-22-17)11-20-9-5-7-14(10-20)13(2)21/h3-4,6,8,13-14,21H,5,7,9-11H2,1-2H3. The van der Waals surface area contributed by atoms with E-state index in [0.29, 0.717) is 24.2 Å². The van der Waals surface area contributed by atoms with Crippen LogP contribution in [0.15, 0.2) is 28.8 Å². The molecule has 1 saturated heterocycles. The average molecular weight is 301 g/mol. The molecule has 1 fully saturated rings. The molecule has 3 rings (SSSR count). The molecule has 0 amide bonds. The smallest absolute Gasteiger partial charge is 0.258 e. The minimum atomic E-state index is -0.254. The van der Waals surface area contributed by atoms with E-state index in [9.17, 15) is 5.11 Å². The highest BCUT2D eigenvalue weighted by Crippen LogP contribution is 2.23. The molecule has 0 spiro atoms. The first kappa shape index (κ1) is 15.2. The molecule has 0 aliphatic carbocycles. The van der Waals surface area contributed by atoms with Crippen molar-refractivity contribution in [3.63, 3.8) is 0 Å². The first-order valence-corrected chi connectivity index (χ1v) is 7.92. The van der Waals surface area contributed by atoms with E-state index < -0.39 is 0 Å². The number of nitrogens with zero attached hydrogens (tertiary/aromatic N) is 3. The third-order valence-corrected chi connectivity index (χ3v) is 4.43. The van der Waals surface area contributed by atoms with Gasteiger partial charge in [0.05, 0.1) is 12.6 Å². The highest BCUT2D eigenvalue weighted by Gasteiger charge is 2.24. The molecule has 1 aromatic carbocycles. The van der Waals surface area contributed by atoms with Crippen LogP contribution in [0.3, 0.4) is 0 Å². The summed E-state index contributed by atoms with van der Waals surface area (Å²) >= 11 is 0. The molecule has 118 valence electrons. The summed E-state index contributed by atoms with van der Waals surface area (Å²) in [4.78, 5) is 6.82. The first-order chi connectivity index (χ1) is 10.6. The molecule has 0 saturated carbocycles. The van der Waals surface area contributed by atoms with Crippen LogP contribution in [0.5, 0.6) is 0 Å². The van der Waals surface area contributed by atoms with Gasteiger partial charge in [-0.05, 0) is 50.8 Å². The zero-order valence-electron chi connectivity index (χ0n) is 13.2. The highest BCUT2D eigenvalue weighted by atomic mass is 16.5. The van der Waals surface area contributed by atoms with E-state index in [4.69, 9.17) is 4.52 Å². The molecule has 1 N–H and O–H groups in total. The number of aliphatic hydroxyl groups excluding tert-OH is 1. The third-order valence-electron chi connectivity index (χ3n) is 4.43. The van der Waals surface area contributed by atoms with Gasteiger partial charge in [-0.2, -0.15) is 4.98 Å². The summed E-state index contributed by atoms with van der Waals surface area (Å²) in [5.41, 5.74) is 2.12. The molecule has 0 radical (unpaired) electrons. The Balaban J connectivity index is 1.68. The van der Waals surface area contributed by atoms with Gasteiger partial charge in [-0.1, -0.05) is 23.4 Å². The van der Waals surface area contributed by atoms with Crippen molar-refractivity contribution in [3.8, 4) is 11.5 Å². The van der Waals surface area contributed by atoms with E-state index in [-0.39, 0.29) is 6.10 Å². The van der Waals surface area contributed by atoms with E-state index in [0.717, 1.165) is 37.1 Å². The van der Waals surface area contributed by atoms with Crippen molar-refractivity contribution in [3.05, 3.63) is 35.7 Å². The lowest BCUT2D eigenvalue weighted by Crippen LogP contribution is -2.39. The molecule has 2 unspecified atom stereocenters. The maximum atomic E-state index is 9.77. The van der Waals surface area contributed by atoms with Crippen LogP contribution in [0.2, 0.25) is 0 Å². The number of aryl methyl sites for hydroxylation is 1. The van der Waals surface area contributed by atoms with Gasteiger partial charge in [0.15, 0.2) is 5.82 Å². The summed E-state index contributed by atoms with van der Waals surface area (Å²) in [6.45, 7) is 6.51. The molecule has 2 aromatic rings. The predicted octanol–water partition coefficient (Wildman–Crippen LogP) is 2.64. The van der Waals surface area contributed by atoms with E-state index in [1.165, 1.54) is 0 Å². The first-order valence-electron chi connectivity index (χ1n) is 7.92. The Morgan fingerprint density at radius 2 is 2.23 bits per heavy atom. The number of hydrogen-bond acceptors (Lipinski definition) is 5. The Labute approximate surface area is 131 Å². The van der Waals surface area contributed by atoms with E-state index in [2.05, 4.69) is 15.0 Å². The number of piperidine rings is 1. The van der Waals surface area contributed by atoms with Crippen molar-refractivity contribution < 1.29 is 9.63 Å². The quantitative estimate of drug-likeness (QED) is 0.940. The Kier molecular flexibility index (Phi) is 4.55. The van der Waals surface area contributed by atoms with Crippen LogP contribution in [-0.4, -0.2) is 39.3 Å². The summed E-state index contributed by atoms with van der Waals surface area (Å²) in [7, 11) is 0. The lowest BCUT2D eigenvalue weighted by Gasteiger charge is -2.33. The number of benzene rings is 1. The fourth-order valence-corrected chi connectivity index (χ4v) is 3.07. The molecular formula is C17H23N3O2. The maximum absolute atomic E-state index is 9.77. The fraction of sp³-hybridized carbons (Fsp3) is 0.529. The Bertz CT molecular complexity index is 624. The van der Waals surface area contributed by atoms with E-state index in [1.54, 1.807) is 0 Å². The van der Waals surface area contributed by atoms with Crippen molar-refractivity contribution in [2.45, 2.75) is 39.3 Å². The lowest BCUT2D eigenvalue weighted by atomic mass is 9.93. The molecule has 2 atom stereocenters. The topological polar surface area (TPSA) is 62.4 Å². The van der Waals surface area contributed by atoms with Gasteiger partial charge in [0, 0.05) is 12.1 Å². The molecule has 22 heavy (non-hydrogen) atoms. The molecular weight excluding hydrogens is 278 g/mol. The van der Waals surface area contributed by atoms with Crippen molar-refractivity contribution in [1.82, 2.24) is 15.0 Å². The summed E-state index contributed by atoms with van der Waals surface area (Å²) in [5.74, 6) is 1.64. The van der Waals surface area contributed by atoms with Crippen LogP contribution in [0.25, 0.3) is 11.5 Å². The normalized spacial score (nSPS) is 21.0. The second kappa shape index (κ2) is 6.58. The summed E-state index contributed by atoms with van der Waals surface area (Å²) < 4.78 is 5.41. The van der Waals surface area contributed by atoms with Crippen molar-refractivity contribution in [2.24, 2.45) is 5.92 Å². The molecule has 0 bridgehead atoms. The van der Waals surface area contributed by atoms with Gasteiger partial charge in [-0.15, -0.1) is 0 Å². The van der Waals surface area contributed by atoms with Crippen molar-refractivity contribution in [1.29, 1.82) is 0 Å². The van der Waals surface area contributed by atoms with Gasteiger partial charge in [0.25, 0.3) is 5.89 Å². The molecule has 5 heteroatoms. The van der Waals surface area contributed by atoms with Gasteiger partial charge in [0.2, 0.25) is 0 Å². The Morgan fingerprint density at radius 1 is 1.41 bits per heavy atom. The second-order valence-corrected chi connectivity index (χ2v) is 6.21. The van der Waals surface area contributed by atoms with Crippen LogP contribution in [0.4, 0.5) is 0 Å². The van der Waals surface area contributed by atoms with Crippen LogP contribution < -0.4 is 0 Å². The monoisotopic (exact) mass is 301 g/mol. The van der Waals surface area contributed by atoms with Crippen LogP contribution in [0.1, 0.15) is 31.2 Å². The average Bonchev–Trinajstić information content (AvgIpc) is 2.96. The molecule has 2 heterocycles. The van der Waals surface area contributed by atoms with Gasteiger partial charge < -0.3 is 9.63 Å². The SMILES string of the molecule is Cc1ccccc1-c1nc(CN2CCCC(C(C)O)C2)no1. The van der Waals surface area contributed by atoms with E-state index in [1.807, 2.05) is 38.1 Å². The number of hydrogen-bond donors (Lipinski definition) is 1. The Morgan fingerprint density at radius 3 is 3.00 bits per heavy atom. The highest BCUT2D eigenvalue weighted by molar-refractivity contribution is 5.57. The summed E-state index contributed by atoms with van der Waals surface area (Å²) in [6.07, 6.45) is 1.95. The largest absolute Gasteiger partial charge is 0.393 e. The second-order valence-electron chi connectivity index (χ2n) is 6.21. The summed E-state index contributed by atoms with van der Waals surface area (Å²) in [6, 6.07) is 8.01. The van der Waals surface area contributed by atoms with E-state index >= 15 is 0 Å². The minimum Gasteiger partial charge on any atom is -0.393 e. The maximum Gasteiger partial charge on any atom is 0.258 e. The van der Waals surface area contributed by atoms with Crippen LogP contribution in [-0.2, 0) is 6.54 Å². The van der Waals surface area contributed by atoms with Crippen LogP contribution >= 0.6 is 0 Å². The van der Waals surface area contributed by atoms with Gasteiger partial charge in [-0.3, -0.25) is 4.90 Å². The van der Waals surface area contributed by atoms with Gasteiger partial charge in [-0.25, -0.2) is 0 Å². The minimum absolute atomic E-state index is 0.254. The number of likely N-dealkylation sites (tertiary alicyclic amines) is 1. The number of aromatic nitrogens is 2. The van der Waals surface area contributed by atoms with Crippen LogP contribution in [0, 0.1) is 12.8 Å². The van der Waals surface area contributed by atoms with Crippen molar-refractivity contribution >= 4 is 0 Å². The molecule has 1 aliphatic heterocycles. The summed E-state index contributed by atoms with van der Waals surface area (Å²) in [5, 5.41) is 13.9. The van der Waals surface area contributed by atoms with Crippen molar-refractivity contribution in [2.75, 3.05) is 13.1 Å².